The first-order chi connectivity index (χ1) is 14.8. The van der Waals surface area contributed by atoms with Crippen molar-refractivity contribution in [2.45, 2.75) is 0 Å². The number of carbonyl (C=O) groups is 2. The standard InChI is InChI=1S/C20H14BrF2N5O3/c21-12-5-6-17(26-9-12)28-20(30)13-7-14(22)15(23)8-16(13)27-19(29)11-3-1-10(2-4-11)18(24)31-25/h1-9,24H,25H2,(H,27,29)(H,26,28,30). The Morgan fingerprint density at radius 2 is 1.61 bits per heavy atom. The van der Waals surface area contributed by atoms with Crippen molar-refractivity contribution in [2.75, 3.05) is 10.6 Å². The summed E-state index contributed by atoms with van der Waals surface area (Å²) in [7, 11) is 0. The number of amides is 2. The Bertz CT molecular complexity index is 1150. The normalized spacial score (nSPS) is 10.3. The van der Waals surface area contributed by atoms with Gasteiger partial charge in [-0.05, 0) is 58.4 Å². The van der Waals surface area contributed by atoms with Gasteiger partial charge >= 0.3 is 0 Å². The van der Waals surface area contributed by atoms with Crippen molar-refractivity contribution in [1.82, 2.24) is 4.98 Å². The van der Waals surface area contributed by atoms with Crippen molar-refractivity contribution in [2.24, 2.45) is 5.90 Å². The highest BCUT2D eigenvalue weighted by Crippen LogP contribution is 2.23. The van der Waals surface area contributed by atoms with Crippen molar-refractivity contribution in [3.05, 3.63) is 87.5 Å². The lowest BCUT2D eigenvalue weighted by Gasteiger charge is -2.12. The molecule has 0 saturated carbocycles. The molecule has 3 rings (SSSR count). The lowest BCUT2D eigenvalue weighted by Crippen LogP contribution is -2.19. The molecule has 0 radical (unpaired) electrons. The van der Waals surface area contributed by atoms with E-state index in [-0.39, 0.29) is 28.5 Å². The van der Waals surface area contributed by atoms with Crippen LogP contribution in [-0.2, 0) is 4.84 Å². The summed E-state index contributed by atoms with van der Waals surface area (Å²) in [5.41, 5.74) is -0.0688. The summed E-state index contributed by atoms with van der Waals surface area (Å²) in [6, 6.07) is 10.1. The minimum Gasteiger partial charge on any atom is -0.391 e. The highest BCUT2D eigenvalue weighted by Gasteiger charge is 2.19. The van der Waals surface area contributed by atoms with E-state index in [1.54, 1.807) is 6.07 Å². The number of benzene rings is 2. The molecule has 5 N–H and O–H groups in total. The van der Waals surface area contributed by atoms with E-state index in [9.17, 15) is 18.4 Å². The second-order valence-corrected chi connectivity index (χ2v) is 7.02. The third kappa shape index (κ3) is 5.27. The Kier molecular flexibility index (Phi) is 6.68. The van der Waals surface area contributed by atoms with Crippen molar-refractivity contribution in [3.63, 3.8) is 0 Å². The number of halogens is 3. The zero-order valence-corrected chi connectivity index (χ0v) is 17.2. The van der Waals surface area contributed by atoms with Crippen molar-refractivity contribution < 1.29 is 23.2 Å². The summed E-state index contributed by atoms with van der Waals surface area (Å²) < 4.78 is 28.3. The molecule has 0 unspecified atom stereocenters. The maximum atomic E-state index is 13.8. The van der Waals surface area contributed by atoms with Gasteiger partial charge in [-0.15, -0.1) is 0 Å². The van der Waals surface area contributed by atoms with Gasteiger partial charge in [-0.3, -0.25) is 15.0 Å². The van der Waals surface area contributed by atoms with Crippen LogP contribution in [0.3, 0.4) is 0 Å². The lowest BCUT2D eigenvalue weighted by atomic mass is 10.1. The van der Waals surface area contributed by atoms with Gasteiger partial charge in [0.2, 0.25) is 5.90 Å². The largest absolute Gasteiger partial charge is 0.391 e. The number of nitrogens with one attached hydrogen (secondary N) is 3. The van der Waals surface area contributed by atoms with E-state index in [4.69, 9.17) is 11.3 Å². The number of aromatic nitrogens is 1. The number of anilines is 2. The summed E-state index contributed by atoms with van der Waals surface area (Å²) in [6.07, 6.45) is 1.45. The van der Waals surface area contributed by atoms with Crippen LogP contribution in [0.4, 0.5) is 20.3 Å². The molecule has 0 atom stereocenters. The van der Waals surface area contributed by atoms with Crippen LogP contribution in [0.2, 0.25) is 0 Å². The number of carbonyl (C=O) groups excluding carboxylic acids is 2. The lowest BCUT2D eigenvalue weighted by molar-refractivity contribution is 0.102. The summed E-state index contributed by atoms with van der Waals surface area (Å²) in [5, 5.41) is 12.3. The summed E-state index contributed by atoms with van der Waals surface area (Å²) in [6.45, 7) is 0. The first-order valence-electron chi connectivity index (χ1n) is 8.57. The average Bonchev–Trinajstić information content (AvgIpc) is 2.77. The molecule has 11 heteroatoms. The molecule has 158 valence electrons. The van der Waals surface area contributed by atoms with E-state index >= 15 is 0 Å². The Morgan fingerprint density at radius 3 is 2.23 bits per heavy atom. The Balaban J connectivity index is 1.85. The maximum Gasteiger partial charge on any atom is 0.259 e. The van der Waals surface area contributed by atoms with Crippen LogP contribution >= 0.6 is 15.9 Å². The topological polar surface area (TPSA) is 130 Å². The fraction of sp³-hybridized carbons (Fsp3) is 0. The van der Waals surface area contributed by atoms with E-state index in [0.29, 0.717) is 22.2 Å². The van der Waals surface area contributed by atoms with Gasteiger partial charge in [0.15, 0.2) is 11.6 Å². The zero-order valence-electron chi connectivity index (χ0n) is 15.6. The van der Waals surface area contributed by atoms with Crippen LogP contribution in [0.5, 0.6) is 0 Å². The van der Waals surface area contributed by atoms with E-state index in [1.807, 2.05) is 0 Å². The predicted molar refractivity (Wildman–Crippen MR) is 113 cm³/mol. The van der Waals surface area contributed by atoms with Gasteiger partial charge in [-0.25, -0.2) is 13.8 Å². The predicted octanol–water partition coefficient (Wildman–Crippen LogP) is 3.84. The fourth-order valence-electron chi connectivity index (χ4n) is 2.51. The van der Waals surface area contributed by atoms with Crippen molar-refractivity contribution >= 4 is 45.1 Å². The first-order valence-corrected chi connectivity index (χ1v) is 9.37. The zero-order chi connectivity index (χ0) is 22.5. The summed E-state index contributed by atoms with van der Waals surface area (Å²) >= 11 is 3.21. The minimum atomic E-state index is -1.25. The molecule has 2 aromatic carbocycles. The van der Waals surface area contributed by atoms with Gasteiger partial charge in [0.05, 0.1) is 11.3 Å². The molecule has 8 nitrogen and oxygen atoms in total. The van der Waals surface area contributed by atoms with Gasteiger partial charge in [-0.1, -0.05) is 0 Å². The quantitative estimate of drug-likeness (QED) is 0.245. The fourth-order valence-corrected chi connectivity index (χ4v) is 2.74. The average molecular weight is 490 g/mol. The number of nitrogens with two attached hydrogens (primary N) is 1. The molecular weight excluding hydrogens is 476 g/mol. The van der Waals surface area contributed by atoms with Crippen LogP contribution in [-0.4, -0.2) is 22.7 Å². The maximum absolute atomic E-state index is 13.8. The van der Waals surface area contributed by atoms with Crippen molar-refractivity contribution in [3.8, 4) is 0 Å². The third-order valence-electron chi connectivity index (χ3n) is 4.05. The molecule has 0 spiro atoms. The monoisotopic (exact) mass is 489 g/mol. The molecule has 0 saturated heterocycles. The molecule has 0 aliphatic carbocycles. The number of nitrogens with zero attached hydrogens (tertiary/aromatic N) is 1. The Hall–Kier alpha value is -3.70. The highest BCUT2D eigenvalue weighted by atomic mass is 79.9. The van der Waals surface area contributed by atoms with Crippen LogP contribution in [0, 0.1) is 17.0 Å². The van der Waals surface area contributed by atoms with Crippen LogP contribution < -0.4 is 16.5 Å². The second-order valence-electron chi connectivity index (χ2n) is 6.11. The van der Waals surface area contributed by atoms with E-state index in [0.717, 1.165) is 0 Å². The number of hydrogen-bond donors (Lipinski definition) is 4. The first kappa shape index (κ1) is 22.0. The van der Waals surface area contributed by atoms with Crippen LogP contribution in [0.25, 0.3) is 0 Å². The molecule has 1 heterocycles. The minimum absolute atomic E-state index is 0.138. The molecule has 3 aromatic rings. The molecule has 31 heavy (non-hydrogen) atoms. The molecule has 2 amide bonds. The van der Waals surface area contributed by atoms with E-state index in [1.165, 1.54) is 36.5 Å². The Morgan fingerprint density at radius 1 is 0.968 bits per heavy atom. The smallest absolute Gasteiger partial charge is 0.259 e. The molecule has 0 aliphatic heterocycles. The Labute approximate surface area is 183 Å². The van der Waals surface area contributed by atoms with Gasteiger partial charge < -0.3 is 15.5 Å². The van der Waals surface area contributed by atoms with E-state index < -0.39 is 23.4 Å². The van der Waals surface area contributed by atoms with Gasteiger partial charge in [-0.2, -0.15) is 5.90 Å². The van der Waals surface area contributed by atoms with E-state index in [2.05, 4.69) is 36.4 Å². The molecule has 1 aromatic heterocycles. The van der Waals surface area contributed by atoms with Gasteiger partial charge in [0.25, 0.3) is 11.8 Å². The third-order valence-corrected chi connectivity index (χ3v) is 4.52. The van der Waals surface area contributed by atoms with Crippen LogP contribution in [0.1, 0.15) is 26.3 Å². The van der Waals surface area contributed by atoms with Crippen molar-refractivity contribution in [1.29, 1.82) is 5.41 Å². The molecular formula is C20H14BrF2N5O3. The molecule has 0 aliphatic rings. The number of pyridine rings is 1. The summed E-state index contributed by atoms with van der Waals surface area (Å²) in [5.74, 6) is 0.825. The number of rotatable bonds is 5. The van der Waals surface area contributed by atoms with Crippen LogP contribution in [0.15, 0.2) is 59.2 Å². The second kappa shape index (κ2) is 9.41. The highest BCUT2D eigenvalue weighted by molar-refractivity contribution is 9.10. The van der Waals surface area contributed by atoms with Gasteiger partial charge in [0, 0.05) is 27.9 Å². The SMILES string of the molecule is N=C(ON)c1ccc(C(=O)Nc2cc(F)c(F)cc2C(=O)Nc2ccc(Br)cn2)cc1. The number of hydrogen-bond acceptors (Lipinski definition) is 6. The van der Waals surface area contributed by atoms with Gasteiger partial charge in [0.1, 0.15) is 5.82 Å². The molecule has 0 bridgehead atoms. The summed E-state index contributed by atoms with van der Waals surface area (Å²) in [4.78, 5) is 33.4. The molecule has 0 fully saturated rings.